The lowest BCUT2D eigenvalue weighted by Crippen LogP contribution is -2.46. The average Bonchev–Trinajstić information content (AvgIpc) is 3.49. The van der Waals surface area contributed by atoms with Crippen molar-refractivity contribution >= 4 is 21.8 Å². The smallest absolute Gasteiger partial charge is 0.255 e. The minimum atomic E-state index is -0.616. The Kier molecular flexibility index (Phi) is 6.32. The molecule has 30 heavy (non-hydrogen) atoms. The zero-order valence-corrected chi connectivity index (χ0v) is 19.4. The van der Waals surface area contributed by atoms with E-state index in [4.69, 9.17) is 14.5 Å². The average molecular weight is 476 g/mol. The minimum Gasteiger partial charge on any atom is -0.378 e. The van der Waals surface area contributed by atoms with Crippen LogP contribution in [0.2, 0.25) is 0 Å². The Morgan fingerprint density at radius 3 is 2.57 bits per heavy atom. The van der Waals surface area contributed by atoms with Crippen LogP contribution in [0.4, 0.5) is 0 Å². The largest absolute Gasteiger partial charge is 0.378 e. The van der Waals surface area contributed by atoms with E-state index in [0.29, 0.717) is 0 Å². The topological polar surface area (TPSA) is 67.5 Å². The van der Waals surface area contributed by atoms with Gasteiger partial charge in [0, 0.05) is 25.2 Å². The molecule has 1 N–H and O–H groups in total. The molecule has 1 aliphatic carbocycles. The van der Waals surface area contributed by atoms with Gasteiger partial charge in [-0.3, -0.25) is 4.79 Å². The summed E-state index contributed by atoms with van der Waals surface area (Å²) in [7, 11) is 3.19. The molecule has 1 aromatic heterocycles. The molecule has 7 heteroatoms. The second-order valence-electron chi connectivity index (χ2n) is 8.68. The van der Waals surface area contributed by atoms with Crippen LogP contribution in [0.1, 0.15) is 50.9 Å². The van der Waals surface area contributed by atoms with Gasteiger partial charge in [0.2, 0.25) is 0 Å². The number of rotatable bonds is 6. The lowest BCUT2D eigenvalue weighted by atomic mass is 9.84. The first-order valence-electron chi connectivity index (χ1n) is 10.6. The third-order valence-electron chi connectivity index (χ3n) is 6.82. The maximum atomic E-state index is 13.5. The molecule has 6 nitrogen and oxygen atoms in total. The molecule has 162 valence electrons. The van der Waals surface area contributed by atoms with Gasteiger partial charge in [-0.1, -0.05) is 40.9 Å². The number of H-pyrrole nitrogens is 1. The molecule has 3 atom stereocenters. The van der Waals surface area contributed by atoms with Gasteiger partial charge in [0.05, 0.1) is 24.0 Å². The van der Waals surface area contributed by atoms with Crippen LogP contribution in [0.15, 0.2) is 34.9 Å². The number of imidazole rings is 1. The number of methoxy groups -OCH3 is 2. The number of ether oxygens (including phenoxy) is 2. The number of halogens is 1. The van der Waals surface area contributed by atoms with Crippen molar-refractivity contribution in [2.75, 3.05) is 20.8 Å². The highest BCUT2D eigenvalue weighted by Crippen LogP contribution is 2.52. The Labute approximate surface area is 186 Å². The first-order chi connectivity index (χ1) is 14.5. The molecule has 1 spiro atoms. The molecule has 4 rings (SSSR count). The molecule has 2 aliphatic rings. The number of likely N-dealkylation sites (tertiary alicyclic amines) is 1. The molecule has 2 fully saturated rings. The molecule has 2 aromatic rings. The van der Waals surface area contributed by atoms with Gasteiger partial charge < -0.3 is 19.4 Å². The SMILES string of the molecule is COC(C)C(OC)C(=O)N1CC2(CCCC2)CC1c1ncc(-c2ccc(Br)cc2)[nH]1. The summed E-state index contributed by atoms with van der Waals surface area (Å²) in [6, 6.07) is 8.08. The number of aromatic nitrogens is 2. The number of carbonyl (C=O) groups is 1. The Morgan fingerprint density at radius 1 is 1.23 bits per heavy atom. The molecule has 2 heterocycles. The van der Waals surface area contributed by atoms with Gasteiger partial charge in [-0.15, -0.1) is 0 Å². The van der Waals surface area contributed by atoms with E-state index < -0.39 is 6.10 Å². The molecule has 0 bridgehead atoms. The van der Waals surface area contributed by atoms with E-state index in [1.807, 2.05) is 30.2 Å². The van der Waals surface area contributed by atoms with Crippen molar-refractivity contribution in [3.63, 3.8) is 0 Å². The van der Waals surface area contributed by atoms with Gasteiger partial charge in [-0.25, -0.2) is 4.98 Å². The summed E-state index contributed by atoms with van der Waals surface area (Å²) >= 11 is 3.48. The fourth-order valence-electron chi connectivity index (χ4n) is 5.08. The summed E-state index contributed by atoms with van der Waals surface area (Å²) < 4.78 is 12.0. The Bertz CT molecular complexity index is 876. The summed E-state index contributed by atoms with van der Waals surface area (Å²) in [5.74, 6) is 0.840. The highest BCUT2D eigenvalue weighted by molar-refractivity contribution is 9.10. The number of nitrogens with zero attached hydrogens (tertiary/aromatic N) is 2. The van der Waals surface area contributed by atoms with E-state index in [1.54, 1.807) is 14.2 Å². The molecule has 1 amide bonds. The standard InChI is InChI=1S/C23H30BrN3O3/c1-15(29-2)20(30-3)22(28)27-14-23(10-4-5-11-23)12-19(27)21-25-13-18(26-21)16-6-8-17(24)9-7-16/h6-9,13,15,19-20H,4-5,10-12,14H2,1-3H3,(H,25,26). The van der Waals surface area contributed by atoms with Crippen LogP contribution >= 0.6 is 15.9 Å². The van der Waals surface area contributed by atoms with Gasteiger partial charge in [-0.2, -0.15) is 0 Å². The quantitative estimate of drug-likeness (QED) is 0.655. The van der Waals surface area contributed by atoms with Crippen LogP contribution in [0, 0.1) is 5.41 Å². The molecule has 1 saturated heterocycles. The number of hydrogen-bond acceptors (Lipinski definition) is 4. The van der Waals surface area contributed by atoms with Gasteiger partial charge in [0.25, 0.3) is 5.91 Å². The van der Waals surface area contributed by atoms with Crippen LogP contribution in [0.5, 0.6) is 0 Å². The van der Waals surface area contributed by atoms with Crippen LogP contribution in [0.3, 0.4) is 0 Å². The maximum Gasteiger partial charge on any atom is 0.255 e. The second kappa shape index (κ2) is 8.81. The predicted octanol–water partition coefficient (Wildman–Crippen LogP) is 4.72. The molecule has 1 aliphatic heterocycles. The normalized spacial score (nSPS) is 22.5. The van der Waals surface area contributed by atoms with Crippen LogP contribution in [-0.4, -0.2) is 53.7 Å². The third kappa shape index (κ3) is 4.07. The Hall–Kier alpha value is -1.70. The van der Waals surface area contributed by atoms with Gasteiger partial charge >= 0.3 is 0 Å². The van der Waals surface area contributed by atoms with E-state index in [0.717, 1.165) is 34.5 Å². The molecular formula is C23H30BrN3O3. The van der Waals surface area contributed by atoms with E-state index in [9.17, 15) is 4.79 Å². The third-order valence-corrected chi connectivity index (χ3v) is 7.35. The number of amides is 1. The monoisotopic (exact) mass is 475 g/mol. The maximum absolute atomic E-state index is 13.5. The van der Waals surface area contributed by atoms with Gasteiger partial charge in [0.15, 0.2) is 6.10 Å². The van der Waals surface area contributed by atoms with Crippen molar-refractivity contribution in [3.05, 3.63) is 40.8 Å². The molecule has 3 unspecified atom stereocenters. The molecule has 1 saturated carbocycles. The number of carbonyl (C=O) groups excluding carboxylic acids is 1. The zero-order valence-electron chi connectivity index (χ0n) is 17.9. The molecule has 1 aromatic carbocycles. The Balaban J connectivity index is 1.63. The minimum absolute atomic E-state index is 0.0118. The van der Waals surface area contributed by atoms with Crippen molar-refractivity contribution in [2.24, 2.45) is 5.41 Å². The first kappa shape index (κ1) is 21.5. The summed E-state index contributed by atoms with van der Waals surface area (Å²) in [5, 5.41) is 0. The fourth-order valence-corrected chi connectivity index (χ4v) is 5.35. The van der Waals surface area contributed by atoms with Crippen molar-refractivity contribution < 1.29 is 14.3 Å². The highest BCUT2D eigenvalue weighted by atomic mass is 79.9. The van der Waals surface area contributed by atoms with E-state index >= 15 is 0 Å². The van der Waals surface area contributed by atoms with Crippen molar-refractivity contribution in [2.45, 2.75) is 57.3 Å². The molecule has 0 radical (unpaired) electrons. The van der Waals surface area contributed by atoms with Crippen molar-refractivity contribution in [1.82, 2.24) is 14.9 Å². The van der Waals surface area contributed by atoms with Crippen LogP contribution in [-0.2, 0) is 14.3 Å². The predicted molar refractivity (Wildman–Crippen MR) is 119 cm³/mol. The second-order valence-corrected chi connectivity index (χ2v) is 9.59. The number of benzene rings is 1. The van der Waals surface area contributed by atoms with Crippen LogP contribution in [0.25, 0.3) is 11.3 Å². The summed E-state index contributed by atoms with van der Waals surface area (Å²) in [6.07, 6.45) is 6.71. The Morgan fingerprint density at radius 2 is 1.93 bits per heavy atom. The fraction of sp³-hybridized carbons (Fsp3) is 0.565. The van der Waals surface area contributed by atoms with Gasteiger partial charge in [0.1, 0.15) is 5.82 Å². The van der Waals surface area contributed by atoms with E-state index in [2.05, 4.69) is 33.0 Å². The summed E-state index contributed by atoms with van der Waals surface area (Å²) in [4.78, 5) is 23.7. The van der Waals surface area contributed by atoms with E-state index in [1.165, 1.54) is 25.7 Å². The molecular weight excluding hydrogens is 446 g/mol. The number of aromatic amines is 1. The lowest BCUT2D eigenvalue weighted by molar-refractivity contribution is -0.151. The van der Waals surface area contributed by atoms with Crippen LogP contribution < -0.4 is 0 Å². The van der Waals surface area contributed by atoms with Crippen molar-refractivity contribution in [1.29, 1.82) is 0 Å². The summed E-state index contributed by atoms with van der Waals surface area (Å²) in [6.45, 7) is 2.64. The number of nitrogens with one attached hydrogen (secondary N) is 1. The van der Waals surface area contributed by atoms with Crippen molar-refractivity contribution in [3.8, 4) is 11.3 Å². The first-order valence-corrected chi connectivity index (χ1v) is 11.4. The highest BCUT2D eigenvalue weighted by Gasteiger charge is 2.50. The lowest BCUT2D eigenvalue weighted by Gasteiger charge is -2.30. The van der Waals surface area contributed by atoms with E-state index in [-0.39, 0.29) is 23.5 Å². The number of hydrogen-bond donors (Lipinski definition) is 1. The van der Waals surface area contributed by atoms with Gasteiger partial charge in [-0.05, 0) is 49.3 Å². The zero-order chi connectivity index (χ0) is 21.3. The summed E-state index contributed by atoms with van der Waals surface area (Å²) in [5.41, 5.74) is 2.23.